The van der Waals surface area contributed by atoms with E-state index in [1.807, 2.05) is 36.4 Å². The molecule has 4 aromatic rings. The molecule has 0 unspecified atom stereocenters. The Kier molecular flexibility index (Phi) is 5.44. The van der Waals surface area contributed by atoms with Crippen molar-refractivity contribution in [3.8, 4) is 17.2 Å². The Morgan fingerprint density at radius 2 is 1.76 bits per heavy atom. The van der Waals surface area contributed by atoms with Crippen LogP contribution < -0.4 is 10.1 Å². The molecule has 1 atom stereocenters. The van der Waals surface area contributed by atoms with Gasteiger partial charge in [0.1, 0.15) is 17.6 Å². The average molecular weight is 410 g/mol. The highest BCUT2D eigenvalue weighted by Gasteiger charge is 2.22. The number of benzene rings is 3. The second kappa shape index (κ2) is 8.32. The predicted octanol–water partition coefficient (Wildman–Crippen LogP) is 5.74. The molecule has 0 aliphatic rings. The molecule has 0 saturated carbocycles. The van der Waals surface area contributed by atoms with E-state index in [1.165, 1.54) is 6.07 Å². The first-order chi connectivity index (χ1) is 14.2. The van der Waals surface area contributed by atoms with E-state index in [0.29, 0.717) is 16.7 Å². The van der Waals surface area contributed by atoms with Gasteiger partial charge in [0.15, 0.2) is 0 Å². The van der Waals surface area contributed by atoms with E-state index in [-0.39, 0.29) is 11.5 Å². The number of aromatic nitrogens is 2. The first-order valence-electron chi connectivity index (χ1n) is 8.89. The maximum absolute atomic E-state index is 14.1. The predicted molar refractivity (Wildman–Crippen MR) is 110 cm³/mol. The van der Waals surface area contributed by atoms with Crippen molar-refractivity contribution in [1.29, 1.82) is 0 Å². The summed E-state index contributed by atoms with van der Waals surface area (Å²) in [5.74, 6) is 0.581. The summed E-state index contributed by atoms with van der Waals surface area (Å²) in [7, 11) is 1.56. The van der Waals surface area contributed by atoms with E-state index >= 15 is 0 Å². The number of nitrogens with one attached hydrogen (secondary N) is 1. The number of ether oxygens (including phenoxy) is 1. The molecule has 0 bridgehead atoms. The standard InChI is InChI=1S/C22H17ClFN3O2/c1-28-19-12-11-15(13-17(19)23)25-20(14-7-3-2-4-8-14)22-27-26-21(29-22)16-9-5-6-10-18(16)24/h2-13,20,25H,1H3/t20-/m0/s1. The van der Waals surface area contributed by atoms with Gasteiger partial charge < -0.3 is 14.5 Å². The normalized spacial score (nSPS) is 11.8. The molecular formula is C22H17ClFN3O2. The van der Waals surface area contributed by atoms with Crippen molar-refractivity contribution in [2.45, 2.75) is 6.04 Å². The lowest BCUT2D eigenvalue weighted by Gasteiger charge is -2.17. The summed E-state index contributed by atoms with van der Waals surface area (Å²) in [6, 6.07) is 20.8. The summed E-state index contributed by atoms with van der Waals surface area (Å²) < 4.78 is 25.1. The van der Waals surface area contributed by atoms with Crippen LogP contribution >= 0.6 is 11.6 Å². The molecule has 1 aromatic heterocycles. The smallest absolute Gasteiger partial charge is 0.250 e. The molecule has 0 spiro atoms. The Hall–Kier alpha value is -3.38. The summed E-state index contributed by atoms with van der Waals surface area (Å²) in [6.45, 7) is 0. The largest absolute Gasteiger partial charge is 0.495 e. The molecule has 1 N–H and O–H groups in total. The minimum atomic E-state index is -0.450. The molecular weight excluding hydrogens is 393 g/mol. The highest BCUT2D eigenvalue weighted by molar-refractivity contribution is 6.32. The van der Waals surface area contributed by atoms with Crippen molar-refractivity contribution >= 4 is 17.3 Å². The number of halogens is 2. The SMILES string of the molecule is COc1ccc(N[C@@H](c2ccccc2)c2nnc(-c3ccccc3F)o2)cc1Cl. The highest BCUT2D eigenvalue weighted by atomic mass is 35.5. The van der Waals surface area contributed by atoms with E-state index in [9.17, 15) is 4.39 Å². The van der Waals surface area contributed by atoms with Gasteiger partial charge in [-0.15, -0.1) is 10.2 Å². The van der Waals surface area contributed by atoms with Gasteiger partial charge in [0, 0.05) is 5.69 Å². The van der Waals surface area contributed by atoms with Crippen LogP contribution in [0.25, 0.3) is 11.5 Å². The van der Waals surface area contributed by atoms with Gasteiger partial charge in [-0.1, -0.05) is 54.1 Å². The van der Waals surface area contributed by atoms with Crippen LogP contribution in [0.5, 0.6) is 5.75 Å². The van der Waals surface area contributed by atoms with Crippen LogP contribution in [0.1, 0.15) is 17.5 Å². The topological polar surface area (TPSA) is 60.2 Å². The van der Waals surface area contributed by atoms with E-state index in [0.717, 1.165) is 11.3 Å². The molecule has 0 aliphatic carbocycles. The Bertz CT molecular complexity index is 1120. The fraction of sp³-hybridized carbons (Fsp3) is 0.0909. The third-order valence-corrected chi connectivity index (χ3v) is 4.68. The molecule has 4 rings (SSSR count). The van der Waals surface area contributed by atoms with E-state index in [4.69, 9.17) is 20.8 Å². The third-order valence-electron chi connectivity index (χ3n) is 4.39. The summed E-state index contributed by atoms with van der Waals surface area (Å²) in [5.41, 5.74) is 1.91. The maximum Gasteiger partial charge on any atom is 0.250 e. The number of hydrogen-bond acceptors (Lipinski definition) is 5. The molecule has 146 valence electrons. The van der Waals surface area contributed by atoms with Crippen LogP contribution in [-0.4, -0.2) is 17.3 Å². The minimum absolute atomic E-state index is 0.119. The van der Waals surface area contributed by atoms with E-state index in [2.05, 4.69) is 15.5 Å². The van der Waals surface area contributed by atoms with Crippen LogP contribution in [0, 0.1) is 5.82 Å². The number of nitrogens with zero attached hydrogens (tertiary/aromatic N) is 2. The Morgan fingerprint density at radius 3 is 2.48 bits per heavy atom. The summed E-state index contributed by atoms with van der Waals surface area (Å²) in [5, 5.41) is 12.0. The number of hydrogen-bond donors (Lipinski definition) is 1. The maximum atomic E-state index is 14.1. The lowest BCUT2D eigenvalue weighted by atomic mass is 10.1. The Balaban J connectivity index is 1.71. The summed E-state index contributed by atoms with van der Waals surface area (Å²) >= 11 is 6.25. The minimum Gasteiger partial charge on any atom is -0.495 e. The molecule has 0 aliphatic heterocycles. The molecule has 29 heavy (non-hydrogen) atoms. The quantitative estimate of drug-likeness (QED) is 0.440. The van der Waals surface area contributed by atoms with Crippen LogP contribution in [-0.2, 0) is 0 Å². The molecule has 1 heterocycles. The summed E-state index contributed by atoms with van der Waals surface area (Å²) in [6.07, 6.45) is 0. The van der Waals surface area contributed by atoms with Crippen molar-refractivity contribution in [2.24, 2.45) is 0 Å². The van der Waals surface area contributed by atoms with E-state index < -0.39 is 11.9 Å². The number of rotatable bonds is 6. The highest BCUT2D eigenvalue weighted by Crippen LogP contribution is 2.32. The van der Waals surface area contributed by atoms with Gasteiger partial charge in [-0.25, -0.2) is 4.39 Å². The van der Waals surface area contributed by atoms with Gasteiger partial charge in [-0.05, 0) is 35.9 Å². The molecule has 3 aromatic carbocycles. The zero-order chi connectivity index (χ0) is 20.2. The monoisotopic (exact) mass is 409 g/mol. The molecule has 7 heteroatoms. The van der Waals surface area contributed by atoms with Gasteiger partial charge in [0.2, 0.25) is 5.89 Å². The fourth-order valence-electron chi connectivity index (χ4n) is 2.95. The second-order valence-corrected chi connectivity index (χ2v) is 6.67. The number of methoxy groups -OCH3 is 1. The second-order valence-electron chi connectivity index (χ2n) is 6.26. The zero-order valence-electron chi connectivity index (χ0n) is 15.5. The number of anilines is 1. The first-order valence-corrected chi connectivity index (χ1v) is 9.27. The van der Waals surface area contributed by atoms with Crippen LogP contribution in [0.4, 0.5) is 10.1 Å². The van der Waals surface area contributed by atoms with Crippen LogP contribution in [0.2, 0.25) is 5.02 Å². The Labute approximate surface area is 172 Å². The van der Waals surface area contributed by atoms with Gasteiger partial charge in [0.25, 0.3) is 5.89 Å². The Morgan fingerprint density at radius 1 is 1.00 bits per heavy atom. The van der Waals surface area contributed by atoms with Crippen molar-refractivity contribution in [2.75, 3.05) is 12.4 Å². The average Bonchev–Trinajstić information content (AvgIpc) is 3.23. The molecule has 5 nitrogen and oxygen atoms in total. The van der Waals surface area contributed by atoms with Gasteiger partial charge in [-0.3, -0.25) is 0 Å². The zero-order valence-corrected chi connectivity index (χ0v) is 16.2. The molecule has 0 amide bonds. The van der Waals surface area contributed by atoms with Gasteiger partial charge >= 0.3 is 0 Å². The van der Waals surface area contributed by atoms with Crippen molar-refractivity contribution < 1.29 is 13.5 Å². The third kappa shape index (κ3) is 4.07. The lowest BCUT2D eigenvalue weighted by molar-refractivity contribution is 0.415. The van der Waals surface area contributed by atoms with E-state index in [1.54, 1.807) is 37.4 Å². The van der Waals surface area contributed by atoms with Gasteiger partial charge in [-0.2, -0.15) is 0 Å². The van der Waals surface area contributed by atoms with Crippen molar-refractivity contribution in [3.63, 3.8) is 0 Å². The first kappa shape index (κ1) is 19.0. The molecule has 0 fully saturated rings. The van der Waals surface area contributed by atoms with Crippen molar-refractivity contribution in [1.82, 2.24) is 10.2 Å². The lowest BCUT2D eigenvalue weighted by Crippen LogP contribution is -2.13. The van der Waals surface area contributed by atoms with Crippen LogP contribution in [0.3, 0.4) is 0 Å². The summed E-state index contributed by atoms with van der Waals surface area (Å²) in [4.78, 5) is 0. The molecule has 0 saturated heterocycles. The van der Waals surface area contributed by atoms with Crippen molar-refractivity contribution in [3.05, 3.63) is 95.1 Å². The fourth-order valence-corrected chi connectivity index (χ4v) is 3.21. The van der Waals surface area contributed by atoms with Gasteiger partial charge in [0.05, 0.1) is 17.7 Å². The molecule has 0 radical (unpaired) electrons. The van der Waals surface area contributed by atoms with Crippen LogP contribution in [0.15, 0.2) is 77.2 Å².